The van der Waals surface area contributed by atoms with E-state index in [1.807, 2.05) is 13.0 Å². The molecule has 0 radical (unpaired) electrons. The van der Waals surface area contributed by atoms with Gasteiger partial charge in [-0.05, 0) is 30.6 Å². The van der Waals surface area contributed by atoms with Crippen molar-refractivity contribution in [1.29, 1.82) is 0 Å². The molecule has 0 bridgehead atoms. The monoisotopic (exact) mass is 252 g/mol. The molecule has 1 saturated heterocycles. The maximum absolute atomic E-state index is 10.9. The number of hydrogen-bond acceptors (Lipinski definition) is 2. The van der Waals surface area contributed by atoms with Crippen molar-refractivity contribution in [2.75, 3.05) is 0 Å². The third kappa shape index (κ3) is 2.46. The Morgan fingerprint density at radius 2 is 2.06 bits per heavy atom. The predicted molar refractivity (Wildman–Crippen MR) is 70.3 cm³/mol. The van der Waals surface area contributed by atoms with Crippen LogP contribution in [0, 0.1) is 17.3 Å². The second-order valence-electron chi connectivity index (χ2n) is 6.76. The van der Waals surface area contributed by atoms with Crippen molar-refractivity contribution in [3.63, 3.8) is 0 Å². The summed E-state index contributed by atoms with van der Waals surface area (Å²) in [6.07, 6.45) is 7.32. The number of hydrogen-bond donors (Lipinski definition) is 1. The van der Waals surface area contributed by atoms with Gasteiger partial charge in [0.15, 0.2) is 6.10 Å². The molecule has 0 aromatic rings. The lowest BCUT2D eigenvalue weighted by Gasteiger charge is -2.41. The third-order valence-corrected chi connectivity index (χ3v) is 4.69. The standard InChI is InChI=1S/C15H24O3/c1-10-6-5-8-14(2,3)11(10)7-9-15(4)12(18-15)13(16)17/h7,9-12H,5-6,8H2,1-4H3,(H,16,17)/b9-7+. The van der Waals surface area contributed by atoms with E-state index in [1.54, 1.807) is 0 Å². The largest absolute Gasteiger partial charge is 0.479 e. The fourth-order valence-corrected chi connectivity index (χ4v) is 3.38. The Bertz CT molecular complexity index is 372. The second kappa shape index (κ2) is 4.37. The van der Waals surface area contributed by atoms with Crippen LogP contribution in [0.25, 0.3) is 0 Å². The molecule has 1 N–H and O–H groups in total. The van der Waals surface area contributed by atoms with Gasteiger partial charge < -0.3 is 9.84 Å². The maximum Gasteiger partial charge on any atom is 0.336 e. The molecule has 0 aromatic heterocycles. The molecule has 0 amide bonds. The minimum Gasteiger partial charge on any atom is -0.479 e. The molecule has 1 aliphatic heterocycles. The van der Waals surface area contributed by atoms with Gasteiger partial charge in [-0.15, -0.1) is 0 Å². The Kier molecular flexibility index (Phi) is 3.30. The van der Waals surface area contributed by atoms with E-state index in [9.17, 15) is 4.79 Å². The predicted octanol–water partition coefficient (Wildman–Crippen LogP) is 3.25. The average molecular weight is 252 g/mol. The van der Waals surface area contributed by atoms with Crippen molar-refractivity contribution in [3.8, 4) is 0 Å². The van der Waals surface area contributed by atoms with Crippen LogP contribution in [-0.2, 0) is 9.53 Å². The number of allylic oxidation sites excluding steroid dienone is 1. The third-order valence-electron chi connectivity index (χ3n) is 4.69. The van der Waals surface area contributed by atoms with Gasteiger partial charge in [-0.25, -0.2) is 4.79 Å². The molecular weight excluding hydrogens is 228 g/mol. The van der Waals surface area contributed by atoms with Crippen molar-refractivity contribution in [2.24, 2.45) is 17.3 Å². The van der Waals surface area contributed by atoms with E-state index in [1.165, 1.54) is 19.3 Å². The van der Waals surface area contributed by atoms with Crippen LogP contribution in [0.3, 0.4) is 0 Å². The molecule has 0 aromatic carbocycles. The lowest BCUT2D eigenvalue weighted by molar-refractivity contribution is -0.138. The van der Waals surface area contributed by atoms with Gasteiger partial charge in [0.2, 0.25) is 0 Å². The summed E-state index contributed by atoms with van der Waals surface area (Å²) >= 11 is 0. The Labute approximate surface area is 109 Å². The summed E-state index contributed by atoms with van der Waals surface area (Å²) < 4.78 is 5.27. The zero-order valence-electron chi connectivity index (χ0n) is 11.8. The first kappa shape index (κ1) is 13.6. The number of ether oxygens (including phenoxy) is 1. The Morgan fingerprint density at radius 1 is 1.39 bits per heavy atom. The highest BCUT2D eigenvalue weighted by molar-refractivity contribution is 5.77. The SMILES string of the molecule is CC1CCCC(C)(C)C1/C=C/C1(C)OC1C(=O)O. The number of aliphatic carboxylic acids is 1. The summed E-state index contributed by atoms with van der Waals surface area (Å²) in [4.78, 5) is 10.9. The van der Waals surface area contributed by atoms with Crippen LogP contribution in [0.2, 0.25) is 0 Å². The summed E-state index contributed by atoms with van der Waals surface area (Å²) in [5.41, 5.74) is -0.281. The van der Waals surface area contributed by atoms with Crippen LogP contribution in [0.15, 0.2) is 12.2 Å². The van der Waals surface area contributed by atoms with Gasteiger partial charge in [-0.1, -0.05) is 45.8 Å². The van der Waals surface area contributed by atoms with Crippen molar-refractivity contribution < 1.29 is 14.6 Å². The lowest BCUT2D eigenvalue weighted by Crippen LogP contribution is -2.32. The molecule has 4 atom stereocenters. The molecule has 2 aliphatic rings. The van der Waals surface area contributed by atoms with Crippen LogP contribution in [0.1, 0.15) is 47.0 Å². The molecule has 3 nitrogen and oxygen atoms in total. The summed E-state index contributed by atoms with van der Waals surface area (Å²) in [6, 6.07) is 0. The normalized spacial score (nSPS) is 43.0. The zero-order chi connectivity index (χ0) is 13.6. The van der Waals surface area contributed by atoms with E-state index < -0.39 is 17.7 Å². The molecule has 2 rings (SSSR count). The minimum absolute atomic E-state index is 0.304. The van der Waals surface area contributed by atoms with E-state index >= 15 is 0 Å². The number of epoxide rings is 1. The molecule has 1 saturated carbocycles. The Hall–Kier alpha value is -0.830. The van der Waals surface area contributed by atoms with Gasteiger partial charge in [-0.3, -0.25) is 0 Å². The summed E-state index contributed by atoms with van der Waals surface area (Å²) in [5, 5.41) is 8.92. The Balaban J connectivity index is 2.06. The van der Waals surface area contributed by atoms with Gasteiger partial charge in [0.1, 0.15) is 5.60 Å². The molecule has 3 heteroatoms. The highest BCUT2D eigenvalue weighted by atomic mass is 16.6. The lowest BCUT2D eigenvalue weighted by atomic mass is 9.64. The van der Waals surface area contributed by atoms with E-state index in [4.69, 9.17) is 9.84 Å². The van der Waals surface area contributed by atoms with Crippen LogP contribution in [0.5, 0.6) is 0 Å². The smallest absolute Gasteiger partial charge is 0.336 e. The molecule has 2 fully saturated rings. The molecule has 4 unspecified atom stereocenters. The Morgan fingerprint density at radius 3 is 2.56 bits per heavy atom. The number of rotatable bonds is 3. The number of carbonyl (C=O) groups is 1. The summed E-state index contributed by atoms with van der Waals surface area (Å²) in [5.74, 6) is 0.315. The van der Waals surface area contributed by atoms with Crippen molar-refractivity contribution in [3.05, 3.63) is 12.2 Å². The van der Waals surface area contributed by atoms with Gasteiger partial charge in [-0.2, -0.15) is 0 Å². The van der Waals surface area contributed by atoms with Gasteiger partial charge >= 0.3 is 5.97 Å². The average Bonchev–Trinajstić information content (AvgIpc) is 2.89. The highest BCUT2D eigenvalue weighted by Crippen LogP contribution is 2.46. The molecular formula is C15H24O3. The molecule has 102 valence electrons. The minimum atomic E-state index is -0.863. The first-order valence-electron chi connectivity index (χ1n) is 6.86. The number of carboxylic acid groups (broad SMARTS) is 1. The van der Waals surface area contributed by atoms with E-state index in [0.29, 0.717) is 17.3 Å². The first-order chi connectivity index (χ1) is 8.26. The highest BCUT2D eigenvalue weighted by Gasteiger charge is 2.55. The zero-order valence-corrected chi connectivity index (χ0v) is 11.8. The van der Waals surface area contributed by atoms with Gasteiger partial charge in [0.05, 0.1) is 0 Å². The van der Waals surface area contributed by atoms with Crippen molar-refractivity contribution >= 4 is 5.97 Å². The van der Waals surface area contributed by atoms with Crippen molar-refractivity contribution in [1.82, 2.24) is 0 Å². The van der Waals surface area contributed by atoms with Crippen LogP contribution < -0.4 is 0 Å². The molecule has 18 heavy (non-hydrogen) atoms. The summed E-state index contributed by atoms with van der Waals surface area (Å²) in [6.45, 7) is 8.76. The van der Waals surface area contributed by atoms with Crippen LogP contribution in [0.4, 0.5) is 0 Å². The number of carboxylic acids is 1. The maximum atomic E-state index is 10.9. The van der Waals surface area contributed by atoms with Gasteiger partial charge in [0, 0.05) is 0 Å². The van der Waals surface area contributed by atoms with Crippen LogP contribution in [-0.4, -0.2) is 22.8 Å². The molecule has 1 heterocycles. The fraction of sp³-hybridized carbons (Fsp3) is 0.800. The first-order valence-corrected chi connectivity index (χ1v) is 6.86. The van der Waals surface area contributed by atoms with Gasteiger partial charge in [0.25, 0.3) is 0 Å². The topological polar surface area (TPSA) is 49.8 Å². The fourth-order valence-electron chi connectivity index (χ4n) is 3.38. The van der Waals surface area contributed by atoms with E-state index in [0.717, 1.165) is 0 Å². The second-order valence-corrected chi connectivity index (χ2v) is 6.76. The quantitative estimate of drug-likeness (QED) is 0.619. The summed E-state index contributed by atoms with van der Waals surface area (Å²) in [7, 11) is 0. The molecule has 1 aliphatic carbocycles. The molecule has 0 spiro atoms. The van der Waals surface area contributed by atoms with Crippen molar-refractivity contribution in [2.45, 2.75) is 58.7 Å². The van der Waals surface area contributed by atoms with E-state index in [-0.39, 0.29) is 0 Å². The van der Waals surface area contributed by atoms with E-state index in [2.05, 4.69) is 26.8 Å². The van der Waals surface area contributed by atoms with Crippen LogP contribution >= 0.6 is 0 Å².